The highest BCUT2D eigenvalue weighted by Crippen LogP contribution is 2.13. The first-order valence-electron chi connectivity index (χ1n) is 7.57. The SMILES string of the molecule is C=CC.CC1CCN(C)CC1.CCCCCCN. The van der Waals surface area contributed by atoms with Gasteiger partial charge in [-0.05, 0) is 58.8 Å². The standard InChI is InChI=1S/C7H15N.C6H15N.C3H6/c1-7-3-5-8(2)6-4-7;1-2-3-4-5-6-7;1-3-2/h7H,3-6H2,1-2H3;2-7H2,1H3;3H,1H2,2H3. The molecule has 1 fully saturated rings. The molecule has 0 aromatic heterocycles. The van der Waals surface area contributed by atoms with Crippen molar-refractivity contribution in [2.24, 2.45) is 11.7 Å². The van der Waals surface area contributed by atoms with E-state index in [1.54, 1.807) is 6.08 Å². The number of hydrogen-bond donors (Lipinski definition) is 1. The third kappa shape index (κ3) is 18.0. The van der Waals surface area contributed by atoms with Crippen LogP contribution in [0.4, 0.5) is 0 Å². The number of hydrogen-bond acceptors (Lipinski definition) is 2. The summed E-state index contributed by atoms with van der Waals surface area (Å²) < 4.78 is 0. The van der Waals surface area contributed by atoms with E-state index < -0.39 is 0 Å². The third-order valence-corrected chi connectivity index (χ3v) is 3.06. The van der Waals surface area contributed by atoms with Crippen molar-refractivity contribution in [1.82, 2.24) is 4.90 Å². The van der Waals surface area contributed by atoms with E-state index in [1.807, 2.05) is 6.92 Å². The highest BCUT2D eigenvalue weighted by Gasteiger charge is 2.10. The molecule has 0 bridgehead atoms. The number of rotatable bonds is 4. The van der Waals surface area contributed by atoms with Crippen molar-refractivity contribution >= 4 is 0 Å². The van der Waals surface area contributed by atoms with Crippen molar-refractivity contribution < 1.29 is 0 Å². The summed E-state index contributed by atoms with van der Waals surface area (Å²) in [5.41, 5.74) is 5.27. The van der Waals surface area contributed by atoms with E-state index >= 15 is 0 Å². The lowest BCUT2D eigenvalue weighted by Crippen LogP contribution is -2.28. The molecule has 110 valence electrons. The molecule has 2 nitrogen and oxygen atoms in total. The Bertz CT molecular complexity index is 135. The lowest BCUT2D eigenvalue weighted by molar-refractivity contribution is 0.230. The molecule has 0 aromatic carbocycles. The van der Waals surface area contributed by atoms with Gasteiger partial charge in [-0.15, -0.1) is 6.58 Å². The molecule has 0 amide bonds. The van der Waals surface area contributed by atoms with E-state index in [0.29, 0.717) is 0 Å². The lowest BCUT2D eigenvalue weighted by Gasteiger charge is -2.26. The maximum absolute atomic E-state index is 5.27. The Kier molecular flexibility index (Phi) is 18.5. The minimum absolute atomic E-state index is 0.861. The Labute approximate surface area is 116 Å². The van der Waals surface area contributed by atoms with E-state index in [9.17, 15) is 0 Å². The Morgan fingerprint density at radius 3 is 2.06 bits per heavy atom. The van der Waals surface area contributed by atoms with Gasteiger partial charge in [-0.1, -0.05) is 39.2 Å². The molecule has 0 radical (unpaired) electrons. The monoisotopic (exact) mass is 256 g/mol. The van der Waals surface area contributed by atoms with Crippen molar-refractivity contribution in [1.29, 1.82) is 0 Å². The molecular weight excluding hydrogens is 220 g/mol. The molecule has 1 aliphatic heterocycles. The van der Waals surface area contributed by atoms with Crippen LogP contribution in [-0.4, -0.2) is 31.6 Å². The fraction of sp³-hybridized carbons (Fsp3) is 0.875. The smallest absolute Gasteiger partial charge is 0.00192 e. The number of allylic oxidation sites excluding steroid dienone is 1. The van der Waals surface area contributed by atoms with Crippen molar-refractivity contribution in [3.63, 3.8) is 0 Å². The predicted molar refractivity (Wildman–Crippen MR) is 85.0 cm³/mol. The number of piperidine rings is 1. The average molecular weight is 256 g/mol. The van der Waals surface area contributed by atoms with Crippen LogP contribution in [0, 0.1) is 5.92 Å². The molecule has 1 saturated heterocycles. The topological polar surface area (TPSA) is 29.3 Å². The van der Waals surface area contributed by atoms with Crippen LogP contribution in [0.3, 0.4) is 0 Å². The fourth-order valence-electron chi connectivity index (χ4n) is 1.71. The summed E-state index contributed by atoms with van der Waals surface area (Å²) in [4.78, 5) is 2.40. The predicted octanol–water partition coefficient (Wildman–Crippen LogP) is 4.07. The summed E-state index contributed by atoms with van der Waals surface area (Å²) >= 11 is 0. The van der Waals surface area contributed by atoms with Gasteiger partial charge in [0, 0.05) is 0 Å². The van der Waals surface area contributed by atoms with Crippen molar-refractivity contribution in [2.45, 2.75) is 59.3 Å². The number of likely N-dealkylation sites (tertiary alicyclic amines) is 1. The minimum Gasteiger partial charge on any atom is -0.330 e. The number of nitrogens with zero attached hydrogens (tertiary/aromatic N) is 1. The van der Waals surface area contributed by atoms with E-state index in [0.717, 1.165) is 12.5 Å². The van der Waals surface area contributed by atoms with E-state index in [2.05, 4.69) is 32.4 Å². The highest BCUT2D eigenvalue weighted by atomic mass is 15.1. The quantitative estimate of drug-likeness (QED) is 0.607. The molecule has 0 spiro atoms. The molecule has 0 saturated carbocycles. The Morgan fingerprint density at radius 2 is 1.72 bits per heavy atom. The van der Waals surface area contributed by atoms with Gasteiger partial charge in [-0.2, -0.15) is 0 Å². The van der Waals surface area contributed by atoms with Gasteiger partial charge < -0.3 is 10.6 Å². The molecule has 1 aliphatic rings. The van der Waals surface area contributed by atoms with Gasteiger partial charge in [0.05, 0.1) is 0 Å². The van der Waals surface area contributed by atoms with Gasteiger partial charge in [0.1, 0.15) is 0 Å². The highest BCUT2D eigenvalue weighted by molar-refractivity contribution is 4.65. The van der Waals surface area contributed by atoms with E-state index in [-0.39, 0.29) is 0 Å². The molecule has 0 aliphatic carbocycles. The Morgan fingerprint density at radius 1 is 1.22 bits per heavy atom. The van der Waals surface area contributed by atoms with Gasteiger partial charge in [-0.25, -0.2) is 0 Å². The largest absolute Gasteiger partial charge is 0.330 e. The van der Waals surface area contributed by atoms with Gasteiger partial charge in [0.2, 0.25) is 0 Å². The first-order chi connectivity index (χ1) is 8.62. The third-order valence-electron chi connectivity index (χ3n) is 3.06. The van der Waals surface area contributed by atoms with Gasteiger partial charge >= 0.3 is 0 Å². The van der Waals surface area contributed by atoms with Crippen LogP contribution in [0.1, 0.15) is 59.3 Å². The summed E-state index contributed by atoms with van der Waals surface area (Å²) in [5.74, 6) is 0.978. The zero-order valence-electron chi connectivity index (χ0n) is 13.3. The summed E-state index contributed by atoms with van der Waals surface area (Å²) in [5, 5.41) is 0. The summed E-state index contributed by atoms with van der Waals surface area (Å²) in [7, 11) is 2.20. The first-order valence-corrected chi connectivity index (χ1v) is 7.57. The summed E-state index contributed by atoms with van der Waals surface area (Å²) in [6.45, 7) is 13.3. The van der Waals surface area contributed by atoms with Crippen LogP contribution in [-0.2, 0) is 0 Å². The number of unbranched alkanes of at least 4 members (excludes halogenated alkanes) is 3. The fourth-order valence-corrected chi connectivity index (χ4v) is 1.71. The normalized spacial score (nSPS) is 16.1. The van der Waals surface area contributed by atoms with Gasteiger partial charge in [0.25, 0.3) is 0 Å². The van der Waals surface area contributed by atoms with Crippen LogP contribution in [0.15, 0.2) is 12.7 Å². The van der Waals surface area contributed by atoms with E-state index in [4.69, 9.17) is 5.73 Å². The van der Waals surface area contributed by atoms with Crippen molar-refractivity contribution in [2.75, 3.05) is 26.7 Å². The maximum Gasteiger partial charge on any atom is -0.00192 e. The van der Waals surface area contributed by atoms with Gasteiger partial charge in [-0.3, -0.25) is 0 Å². The van der Waals surface area contributed by atoms with Gasteiger partial charge in [0.15, 0.2) is 0 Å². The molecule has 2 heteroatoms. The molecule has 1 rings (SSSR count). The van der Waals surface area contributed by atoms with Crippen LogP contribution >= 0.6 is 0 Å². The second-order valence-electron chi connectivity index (χ2n) is 5.24. The molecule has 2 N–H and O–H groups in total. The minimum atomic E-state index is 0.861. The molecule has 0 atom stereocenters. The summed E-state index contributed by atoms with van der Waals surface area (Å²) in [6.07, 6.45) is 9.71. The average Bonchev–Trinajstić information content (AvgIpc) is 2.36. The molecule has 1 heterocycles. The van der Waals surface area contributed by atoms with Crippen molar-refractivity contribution in [3.8, 4) is 0 Å². The maximum atomic E-state index is 5.27. The van der Waals surface area contributed by atoms with Crippen LogP contribution in [0.25, 0.3) is 0 Å². The molecule has 0 unspecified atom stereocenters. The second-order valence-corrected chi connectivity index (χ2v) is 5.24. The van der Waals surface area contributed by atoms with Crippen LogP contribution in [0.5, 0.6) is 0 Å². The molecular formula is C16H36N2. The number of nitrogens with two attached hydrogens (primary N) is 1. The Balaban J connectivity index is 0. The molecule has 18 heavy (non-hydrogen) atoms. The second kappa shape index (κ2) is 16.7. The van der Waals surface area contributed by atoms with Crippen LogP contribution < -0.4 is 5.73 Å². The zero-order valence-corrected chi connectivity index (χ0v) is 13.3. The van der Waals surface area contributed by atoms with Crippen molar-refractivity contribution in [3.05, 3.63) is 12.7 Å². The lowest BCUT2D eigenvalue weighted by atomic mass is 10.00. The van der Waals surface area contributed by atoms with Crippen LogP contribution in [0.2, 0.25) is 0 Å². The summed E-state index contributed by atoms with van der Waals surface area (Å²) in [6, 6.07) is 0. The van der Waals surface area contributed by atoms with E-state index in [1.165, 1.54) is 51.6 Å². The Hall–Kier alpha value is -0.340. The molecule has 0 aromatic rings. The first kappa shape index (κ1) is 20.0. The zero-order chi connectivity index (χ0) is 14.2.